The van der Waals surface area contributed by atoms with Crippen molar-refractivity contribution in [3.63, 3.8) is 0 Å². The maximum Gasteiger partial charge on any atom is 0.264 e. The lowest BCUT2D eigenvalue weighted by atomic mass is 10.1. The number of amides is 2. The monoisotopic (exact) mass is 584 g/mol. The van der Waals surface area contributed by atoms with E-state index in [-0.39, 0.29) is 17.4 Å². The first-order chi connectivity index (χ1) is 20.3. The number of carbonyl (C=O) groups is 2. The molecule has 0 spiro atoms. The molecule has 9 nitrogen and oxygen atoms in total. The topological polar surface area (TPSA) is 117 Å². The minimum atomic E-state index is -4.00. The van der Waals surface area contributed by atoms with Gasteiger partial charge in [-0.05, 0) is 78.6 Å². The molecule has 0 saturated carbocycles. The zero-order valence-electron chi connectivity index (χ0n) is 23.1. The third-order valence-electron chi connectivity index (χ3n) is 6.14. The van der Waals surface area contributed by atoms with Crippen molar-refractivity contribution in [1.82, 2.24) is 10.7 Å². The van der Waals surface area contributed by atoms with Gasteiger partial charge in [0.1, 0.15) is 12.3 Å². The first kappa shape index (κ1) is 30.0. The van der Waals surface area contributed by atoms with Gasteiger partial charge < -0.3 is 10.1 Å². The average molecular weight is 585 g/mol. The summed E-state index contributed by atoms with van der Waals surface area (Å²) >= 11 is 0. The molecule has 42 heavy (non-hydrogen) atoms. The van der Waals surface area contributed by atoms with Crippen LogP contribution in [0.25, 0.3) is 0 Å². The molecule has 4 aromatic rings. The summed E-state index contributed by atoms with van der Waals surface area (Å²) < 4.78 is 33.4. The Morgan fingerprint density at radius 1 is 0.857 bits per heavy atom. The number of benzene rings is 4. The van der Waals surface area contributed by atoms with E-state index in [1.807, 2.05) is 43.3 Å². The number of nitrogens with one attached hydrogen (secondary N) is 2. The molecule has 0 unspecified atom stereocenters. The summed E-state index contributed by atoms with van der Waals surface area (Å²) in [4.78, 5) is 24.9. The highest BCUT2D eigenvalue weighted by atomic mass is 32.2. The SMILES string of the molecule is Cc1cccc(N(CC(=O)N/N=C\c2ccc(OCC(=O)NCCc3ccccc3)cc2)S(=O)(=O)c2ccccc2)c1. The fraction of sp³-hybridized carbons (Fsp3) is 0.156. The van der Waals surface area contributed by atoms with Gasteiger partial charge in [0.05, 0.1) is 16.8 Å². The van der Waals surface area contributed by atoms with Gasteiger partial charge >= 0.3 is 0 Å². The van der Waals surface area contributed by atoms with Crippen LogP contribution in [0.3, 0.4) is 0 Å². The summed E-state index contributed by atoms with van der Waals surface area (Å²) in [6, 6.07) is 31.6. The summed E-state index contributed by atoms with van der Waals surface area (Å²) in [5, 5.41) is 6.80. The normalized spacial score (nSPS) is 11.2. The zero-order valence-corrected chi connectivity index (χ0v) is 24.0. The molecule has 0 aliphatic carbocycles. The number of hydrazone groups is 1. The Morgan fingerprint density at radius 2 is 1.55 bits per heavy atom. The Hall–Kier alpha value is -4.96. The van der Waals surface area contributed by atoms with E-state index in [1.54, 1.807) is 60.7 Å². The minimum Gasteiger partial charge on any atom is -0.484 e. The van der Waals surface area contributed by atoms with Gasteiger partial charge in [-0.25, -0.2) is 13.8 Å². The summed E-state index contributed by atoms with van der Waals surface area (Å²) in [7, 11) is -4.00. The molecule has 10 heteroatoms. The highest BCUT2D eigenvalue weighted by molar-refractivity contribution is 7.92. The predicted octanol–water partition coefficient (Wildman–Crippen LogP) is 4.08. The molecule has 2 amide bonds. The zero-order chi connectivity index (χ0) is 29.8. The van der Waals surface area contributed by atoms with Crippen molar-refractivity contribution in [2.75, 3.05) is 24.0 Å². The van der Waals surface area contributed by atoms with Crippen LogP contribution in [0, 0.1) is 6.92 Å². The second-order valence-electron chi connectivity index (χ2n) is 9.40. The highest BCUT2D eigenvalue weighted by Crippen LogP contribution is 2.24. The number of sulfonamides is 1. The Labute approximate surface area is 245 Å². The fourth-order valence-electron chi connectivity index (χ4n) is 4.00. The van der Waals surface area contributed by atoms with Crippen LogP contribution in [0.1, 0.15) is 16.7 Å². The number of anilines is 1. The Morgan fingerprint density at radius 3 is 2.24 bits per heavy atom. The van der Waals surface area contributed by atoms with Crippen LogP contribution in [-0.2, 0) is 26.0 Å². The van der Waals surface area contributed by atoms with Crippen LogP contribution in [-0.4, -0.2) is 46.1 Å². The van der Waals surface area contributed by atoms with Crippen LogP contribution >= 0.6 is 0 Å². The van der Waals surface area contributed by atoms with E-state index in [2.05, 4.69) is 15.8 Å². The van der Waals surface area contributed by atoms with E-state index in [1.165, 1.54) is 18.3 Å². The molecular weight excluding hydrogens is 552 g/mol. The average Bonchev–Trinajstić information content (AvgIpc) is 3.00. The molecule has 216 valence electrons. The molecular formula is C32H32N4O5S. The number of hydrogen-bond acceptors (Lipinski definition) is 6. The molecule has 0 bridgehead atoms. The van der Waals surface area contributed by atoms with E-state index in [0.29, 0.717) is 23.5 Å². The lowest BCUT2D eigenvalue weighted by Gasteiger charge is -2.24. The molecule has 4 aromatic carbocycles. The maximum atomic E-state index is 13.4. The Bertz CT molecular complexity index is 1610. The van der Waals surface area contributed by atoms with Crippen LogP contribution in [0.15, 0.2) is 119 Å². The molecule has 0 atom stereocenters. The van der Waals surface area contributed by atoms with Crippen molar-refractivity contribution in [2.45, 2.75) is 18.2 Å². The van der Waals surface area contributed by atoms with E-state index in [9.17, 15) is 18.0 Å². The van der Waals surface area contributed by atoms with Gasteiger partial charge in [0.2, 0.25) is 0 Å². The lowest BCUT2D eigenvalue weighted by molar-refractivity contribution is -0.123. The molecule has 0 aliphatic rings. The van der Waals surface area contributed by atoms with Gasteiger partial charge in [-0.15, -0.1) is 0 Å². The van der Waals surface area contributed by atoms with Gasteiger partial charge in [-0.3, -0.25) is 13.9 Å². The van der Waals surface area contributed by atoms with Gasteiger partial charge in [-0.2, -0.15) is 5.10 Å². The Kier molecular flexibility index (Phi) is 10.4. The summed E-state index contributed by atoms with van der Waals surface area (Å²) in [5.74, 6) is -0.312. The van der Waals surface area contributed by atoms with Crippen molar-refractivity contribution in [1.29, 1.82) is 0 Å². The first-order valence-corrected chi connectivity index (χ1v) is 14.7. The summed E-state index contributed by atoms with van der Waals surface area (Å²) in [6.45, 7) is 1.80. The standard InChI is InChI=1S/C32H32N4O5S/c1-25-9-8-12-28(21-25)36(42(39,40)30-13-6-3-7-14-30)23-31(37)35-34-22-27-15-17-29(18-16-27)41-24-32(38)33-20-19-26-10-4-2-5-11-26/h2-18,21-22H,19-20,23-24H2,1H3,(H,33,38)(H,35,37)/b34-22-. The number of rotatable bonds is 13. The van der Waals surface area contributed by atoms with E-state index in [0.717, 1.165) is 21.9 Å². The third kappa shape index (κ3) is 8.77. The number of carbonyl (C=O) groups excluding carboxylic acids is 2. The molecule has 0 aliphatic heterocycles. The molecule has 0 radical (unpaired) electrons. The minimum absolute atomic E-state index is 0.0785. The lowest BCUT2D eigenvalue weighted by Crippen LogP contribution is -2.39. The maximum absolute atomic E-state index is 13.4. The van der Waals surface area contributed by atoms with Gasteiger partial charge in [0.15, 0.2) is 6.61 Å². The molecule has 0 heterocycles. The van der Waals surface area contributed by atoms with Gasteiger partial charge in [0, 0.05) is 6.54 Å². The van der Waals surface area contributed by atoms with Crippen LogP contribution in [0.5, 0.6) is 5.75 Å². The number of ether oxygens (including phenoxy) is 1. The fourth-order valence-corrected chi connectivity index (χ4v) is 5.44. The third-order valence-corrected chi connectivity index (χ3v) is 7.93. The van der Waals surface area contributed by atoms with Gasteiger partial charge in [0.25, 0.3) is 21.8 Å². The Balaban J connectivity index is 1.29. The number of nitrogens with zero attached hydrogens (tertiary/aromatic N) is 2. The predicted molar refractivity (Wildman–Crippen MR) is 163 cm³/mol. The second-order valence-corrected chi connectivity index (χ2v) is 11.3. The summed E-state index contributed by atoms with van der Waals surface area (Å²) in [6.07, 6.45) is 2.17. The van der Waals surface area contributed by atoms with E-state index < -0.39 is 22.5 Å². The number of hydrogen-bond donors (Lipinski definition) is 2. The van der Waals surface area contributed by atoms with Crippen molar-refractivity contribution < 1.29 is 22.7 Å². The second kappa shape index (κ2) is 14.6. The van der Waals surface area contributed by atoms with E-state index >= 15 is 0 Å². The molecule has 0 fully saturated rings. The van der Waals surface area contributed by atoms with Crippen molar-refractivity contribution >= 4 is 33.7 Å². The molecule has 2 N–H and O–H groups in total. The van der Waals surface area contributed by atoms with Crippen LogP contribution in [0.2, 0.25) is 0 Å². The smallest absolute Gasteiger partial charge is 0.264 e. The molecule has 0 saturated heterocycles. The largest absolute Gasteiger partial charge is 0.484 e. The molecule has 0 aromatic heterocycles. The van der Waals surface area contributed by atoms with Crippen molar-refractivity contribution in [3.8, 4) is 5.75 Å². The number of aryl methyl sites for hydroxylation is 1. The summed E-state index contributed by atoms with van der Waals surface area (Å²) in [5.41, 5.74) is 5.44. The van der Waals surface area contributed by atoms with Crippen LogP contribution < -0.4 is 19.8 Å². The van der Waals surface area contributed by atoms with Crippen molar-refractivity contribution in [3.05, 3.63) is 126 Å². The van der Waals surface area contributed by atoms with Gasteiger partial charge in [-0.1, -0.05) is 60.7 Å². The van der Waals surface area contributed by atoms with Crippen molar-refractivity contribution in [2.24, 2.45) is 5.10 Å². The first-order valence-electron chi connectivity index (χ1n) is 13.3. The van der Waals surface area contributed by atoms with Crippen LogP contribution in [0.4, 0.5) is 5.69 Å². The molecule has 4 rings (SSSR count). The quantitative estimate of drug-likeness (QED) is 0.181. The van der Waals surface area contributed by atoms with E-state index in [4.69, 9.17) is 4.74 Å². The highest BCUT2D eigenvalue weighted by Gasteiger charge is 2.27.